The molecule has 0 amide bonds. The topological polar surface area (TPSA) is 23.8 Å². The standard InChI is InChI=1S/C19H27N/c20-16-19-13-9-4-2-1-3-8-12-18(19)15-14-17-10-6-5-7-11-17/h5-7,10-11,18-19H,1-4,8-9,12-15H2. The van der Waals surface area contributed by atoms with E-state index in [0.717, 1.165) is 12.8 Å². The number of benzene rings is 1. The average molecular weight is 269 g/mol. The van der Waals surface area contributed by atoms with Gasteiger partial charge in [0.15, 0.2) is 0 Å². The molecule has 0 aliphatic heterocycles. The minimum Gasteiger partial charge on any atom is -0.198 e. The Morgan fingerprint density at radius 1 is 0.900 bits per heavy atom. The maximum atomic E-state index is 9.49. The lowest BCUT2D eigenvalue weighted by molar-refractivity contribution is 0.308. The van der Waals surface area contributed by atoms with Crippen LogP contribution < -0.4 is 0 Å². The zero-order valence-corrected chi connectivity index (χ0v) is 12.6. The summed E-state index contributed by atoms with van der Waals surface area (Å²) in [5.74, 6) is 0.898. The van der Waals surface area contributed by atoms with Gasteiger partial charge >= 0.3 is 0 Å². The molecule has 0 bridgehead atoms. The second-order valence-electron chi connectivity index (χ2n) is 6.22. The molecular weight excluding hydrogens is 242 g/mol. The van der Waals surface area contributed by atoms with Crippen LogP contribution in [0.4, 0.5) is 0 Å². The van der Waals surface area contributed by atoms with Crippen LogP contribution in [0.3, 0.4) is 0 Å². The molecule has 1 nitrogen and oxygen atoms in total. The first kappa shape index (κ1) is 15.1. The van der Waals surface area contributed by atoms with Crippen molar-refractivity contribution in [3.05, 3.63) is 35.9 Å². The molecular formula is C19H27N. The largest absolute Gasteiger partial charge is 0.198 e. The SMILES string of the molecule is N#CC1CCCCCCCCC1CCc1ccccc1. The maximum Gasteiger partial charge on any atom is 0.0658 e. The van der Waals surface area contributed by atoms with Crippen molar-refractivity contribution in [3.63, 3.8) is 0 Å². The van der Waals surface area contributed by atoms with Gasteiger partial charge in [-0.05, 0) is 37.2 Å². The van der Waals surface area contributed by atoms with E-state index in [2.05, 4.69) is 36.4 Å². The van der Waals surface area contributed by atoms with E-state index in [1.54, 1.807) is 0 Å². The van der Waals surface area contributed by atoms with Crippen LogP contribution in [-0.4, -0.2) is 0 Å². The third kappa shape index (κ3) is 5.00. The van der Waals surface area contributed by atoms with Gasteiger partial charge in [0.05, 0.1) is 6.07 Å². The van der Waals surface area contributed by atoms with Gasteiger partial charge in [0.25, 0.3) is 0 Å². The fourth-order valence-corrected chi connectivity index (χ4v) is 3.43. The lowest BCUT2D eigenvalue weighted by Crippen LogP contribution is -2.15. The van der Waals surface area contributed by atoms with Gasteiger partial charge in [0.1, 0.15) is 0 Å². The molecule has 1 saturated carbocycles. The Labute approximate surface area is 124 Å². The summed E-state index contributed by atoms with van der Waals surface area (Å²) in [5.41, 5.74) is 1.42. The van der Waals surface area contributed by atoms with E-state index in [9.17, 15) is 5.26 Å². The summed E-state index contributed by atoms with van der Waals surface area (Å²) in [4.78, 5) is 0. The van der Waals surface area contributed by atoms with Crippen LogP contribution >= 0.6 is 0 Å². The number of rotatable bonds is 3. The van der Waals surface area contributed by atoms with E-state index in [1.165, 1.54) is 56.9 Å². The molecule has 0 aromatic heterocycles. The molecule has 20 heavy (non-hydrogen) atoms. The van der Waals surface area contributed by atoms with Crippen LogP contribution in [0.25, 0.3) is 0 Å². The number of hydrogen-bond acceptors (Lipinski definition) is 1. The third-order valence-electron chi connectivity index (χ3n) is 4.72. The highest BCUT2D eigenvalue weighted by atomic mass is 14.3. The molecule has 1 heteroatoms. The van der Waals surface area contributed by atoms with Crippen LogP contribution in [0.5, 0.6) is 0 Å². The van der Waals surface area contributed by atoms with Gasteiger partial charge in [0.2, 0.25) is 0 Å². The van der Waals surface area contributed by atoms with Gasteiger partial charge in [-0.2, -0.15) is 5.26 Å². The molecule has 2 atom stereocenters. The van der Waals surface area contributed by atoms with E-state index in [4.69, 9.17) is 0 Å². The summed E-state index contributed by atoms with van der Waals surface area (Å²) < 4.78 is 0. The van der Waals surface area contributed by atoms with Crippen molar-refractivity contribution in [3.8, 4) is 6.07 Å². The van der Waals surface area contributed by atoms with Crippen molar-refractivity contribution >= 4 is 0 Å². The number of nitriles is 1. The Hall–Kier alpha value is -1.29. The van der Waals surface area contributed by atoms with Crippen LogP contribution in [0.1, 0.15) is 63.4 Å². The van der Waals surface area contributed by atoms with E-state index in [0.29, 0.717) is 5.92 Å². The van der Waals surface area contributed by atoms with Gasteiger partial charge in [-0.25, -0.2) is 0 Å². The van der Waals surface area contributed by atoms with Crippen molar-refractivity contribution in [2.45, 2.75) is 64.2 Å². The van der Waals surface area contributed by atoms with E-state index in [-0.39, 0.29) is 5.92 Å². The highest BCUT2D eigenvalue weighted by Crippen LogP contribution is 2.30. The van der Waals surface area contributed by atoms with E-state index < -0.39 is 0 Å². The molecule has 0 heterocycles. The normalized spacial score (nSPS) is 24.8. The summed E-state index contributed by atoms with van der Waals surface area (Å²) in [6.07, 6.45) is 12.7. The van der Waals surface area contributed by atoms with Gasteiger partial charge in [-0.15, -0.1) is 0 Å². The van der Waals surface area contributed by atoms with E-state index >= 15 is 0 Å². The quantitative estimate of drug-likeness (QED) is 0.709. The molecule has 1 aliphatic rings. The molecule has 2 rings (SSSR count). The number of aryl methyl sites for hydroxylation is 1. The lowest BCUT2D eigenvalue weighted by atomic mass is 9.80. The second kappa shape index (κ2) is 8.80. The molecule has 0 N–H and O–H groups in total. The molecule has 108 valence electrons. The molecule has 0 saturated heterocycles. The Balaban J connectivity index is 1.91. The monoisotopic (exact) mass is 269 g/mol. The molecule has 2 unspecified atom stereocenters. The first-order valence-corrected chi connectivity index (χ1v) is 8.33. The van der Waals surface area contributed by atoms with Crippen LogP contribution in [-0.2, 0) is 6.42 Å². The summed E-state index contributed by atoms with van der Waals surface area (Å²) >= 11 is 0. The van der Waals surface area contributed by atoms with Crippen molar-refractivity contribution in [1.29, 1.82) is 5.26 Å². The first-order valence-electron chi connectivity index (χ1n) is 8.33. The maximum absolute atomic E-state index is 9.49. The molecule has 1 aliphatic carbocycles. The van der Waals surface area contributed by atoms with Crippen LogP contribution in [0.2, 0.25) is 0 Å². The van der Waals surface area contributed by atoms with Gasteiger partial charge in [-0.1, -0.05) is 68.9 Å². The highest BCUT2D eigenvalue weighted by Gasteiger charge is 2.21. The van der Waals surface area contributed by atoms with Gasteiger partial charge in [-0.3, -0.25) is 0 Å². The van der Waals surface area contributed by atoms with Crippen molar-refractivity contribution < 1.29 is 0 Å². The van der Waals surface area contributed by atoms with Gasteiger partial charge in [0, 0.05) is 5.92 Å². The smallest absolute Gasteiger partial charge is 0.0658 e. The molecule has 1 aromatic carbocycles. The van der Waals surface area contributed by atoms with Crippen molar-refractivity contribution in [2.24, 2.45) is 11.8 Å². The van der Waals surface area contributed by atoms with Crippen LogP contribution in [0, 0.1) is 23.2 Å². The Morgan fingerprint density at radius 2 is 1.55 bits per heavy atom. The number of hydrogen-bond donors (Lipinski definition) is 0. The van der Waals surface area contributed by atoms with Crippen molar-refractivity contribution in [2.75, 3.05) is 0 Å². The predicted molar refractivity (Wildman–Crippen MR) is 84.3 cm³/mol. The zero-order valence-electron chi connectivity index (χ0n) is 12.6. The molecule has 1 aromatic rings. The first-order chi connectivity index (χ1) is 9.90. The molecule has 0 spiro atoms. The number of nitrogens with zero attached hydrogens (tertiary/aromatic N) is 1. The van der Waals surface area contributed by atoms with Gasteiger partial charge < -0.3 is 0 Å². The fraction of sp³-hybridized carbons (Fsp3) is 0.632. The Bertz CT molecular complexity index is 404. The minimum atomic E-state index is 0.289. The average Bonchev–Trinajstić information content (AvgIpc) is 2.51. The third-order valence-corrected chi connectivity index (χ3v) is 4.72. The van der Waals surface area contributed by atoms with Crippen molar-refractivity contribution in [1.82, 2.24) is 0 Å². The molecule has 1 fully saturated rings. The predicted octanol–water partition coefficient (Wildman–Crippen LogP) is 5.51. The lowest BCUT2D eigenvalue weighted by Gasteiger charge is -2.23. The summed E-state index contributed by atoms with van der Waals surface area (Å²) in [6.45, 7) is 0. The molecule has 0 radical (unpaired) electrons. The van der Waals surface area contributed by atoms with Crippen LogP contribution in [0.15, 0.2) is 30.3 Å². The Kier molecular flexibility index (Phi) is 6.64. The van der Waals surface area contributed by atoms with E-state index in [1.807, 2.05) is 0 Å². The summed E-state index contributed by atoms with van der Waals surface area (Å²) in [6, 6.07) is 13.3. The zero-order chi connectivity index (χ0) is 14.0. The Morgan fingerprint density at radius 3 is 2.25 bits per heavy atom. The second-order valence-corrected chi connectivity index (χ2v) is 6.22. The highest BCUT2D eigenvalue weighted by molar-refractivity contribution is 5.14. The summed E-state index contributed by atoms with van der Waals surface area (Å²) in [5, 5.41) is 9.49. The minimum absolute atomic E-state index is 0.289. The fourth-order valence-electron chi connectivity index (χ4n) is 3.43. The summed E-state index contributed by atoms with van der Waals surface area (Å²) in [7, 11) is 0.